The zero-order valence-electron chi connectivity index (χ0n) is 18.5. The molecule has 34 heavy (non-hydrogen) atoms. The van der Waals surface area contributed by atoms with Crippen molar-refractivity contribution >= 4 is 23.8 Å². The number of allylic oxidation sites excluding steroid dienone is 1. The second-order valence-electron chi connectivity index (χ2n) is 6.93. The Kier molecular flexibility index (Phi) is 7.97. The van der Waals surface area contributed by atoms with Crippen LogP contribution in [-0.2, 0) is 13.6 Å². The highest BCUT2D eigenvalue weighted by Crippen LogP contribution is 2.35. The van der Waals surface area contributed by atoms with Crippen LogP contribution in [0, 0.1) is 11.6 Å². The van der Waals surface area contributed by atoms with Gasteiger partial charge in [0.2, 0.25) is 5.82 Å². The Balaban J connectivity index is 1.83. The van der Waals surface area contributed by atoms with Gasteiger partial charge in [0.05, 0.1) is 36.7 Å². The number of benzene rings is 1. The molecule has 2 amide bonds. The Morgan fingerprint density at radius 1 is 1.32 bits per heavy atom. The minimum Gasteiger partial charge on any atom is -0.330 e. The predicted octanol–water partition coefficient (Wildman–Crippen LogP) is 4.11. The minimum atomic E-state index is -0.893. The number of aromatic nitrogens is 5. The zero-order chi connectivity index (χ0) is 24.8. The van der Waals surface area contributed by atoms with E-state index in [-0.39, 0.29) is 39.8 Å². The van der Waals surface area contributed by atoms with E-state index in [1.54, 1.807) is 6.92 Å². The number of amides is 2. The van der Waals surface area contributed by atoms with Crippen molar-refractivity contribution in [3.05, 3.63) is 58.6 Å². The lowest BCUT2D eigenvalue weighted by Gasteiger charge is -2.13. The highest BCUT2D eigenvalue weighted by Gasteiger charge is 2.20. The van der Waals surface area contributed by atoms with Crippen LogP contribution < -0.4 is 5.32 Å². The topological polar surface area (TPSA) is 121 Å². The lowest BCUT2D eigenvalue weighted by atomic mass is 9.99. The zero-order valence-corrected chi connectivity index (χ0v) is 19.3. The van der Waals surface area contributed by atoms with E-state index in [0.29, 0.717) is 17.2 Å². The summed E-state index contributed by atoms with van der Waals surface area (Å²) >= 11 is 6.01. The van der Waals surface area contributed by atoms with Crippen molar-refractivity contribution in [1.29, 1.82) is 0 Å². The summed E-state index contributed by atoms with van der Waals surface area (Å²) in [5.41, 5.74) is 0.793. The van der Waals surface area contributed by atoms with Gasteiger partial charge in [0.15, 0.2) is 0 Å². The third kappa shape index (κ3) is 5.77. The quantitative estimate of drug-likeness (QED) is 0.292. The smallest absolute Gasteiger partial charge is 0.330 e. The first kappa shape index (κ1) is 24.9. The molecular weight excluding hydrogens is 470 g/mol. The lowest BCUT2D eigenvalue weighted by Crippen LogP contribution is -2.34. The summed E-state index contributed by atoms with van der Waals surface area (Å²) in [6, 6.07) is 2.76. The fraction of sp³-hybridized carbons (Fsp3) is 0.238. The van der Waals surface area contributed by atoms with Crippen molar-refractivity contribution in [1.82, 2.24) is 35.6 Å². The molecule has 0 radical (unpaired) electrons. The number of tetrazole rings is 1. The van der Waals surface area contributed by atoms with Crippen LogP contribution in [0.5, 0.6) is 0 Å². The molecule has 3 aromatic rings. The Labute approximate surface area is 198 Å². The van der Waals surface area contributed by atoms with Crippen molar-refractivity contribution in [3.8, 4) is 22.5 Å². The molecular formula is C21H21ClF2N8O2. The number of pyridine rings is 1. The summed E-state index contributed by atoms with van der Waals surface area (Å²) in [4.78, 5) is 21.3. The highest BCUT2D eigenvalue weighted by atomic mass is 35.5. The molecule has 0 aliphatic carbocycles. The molecule has 0 aliphatic heterocycles. The number of nitrogens with zero attached hydrogens (tertiary/aromatic N) is 7. The van der Waals surface area contributed by atoms with Crippen LogP contribution in [0.15, 0.2) is 41.3 Å². The molecule has 0 unspecified atom stereocenters. The number of aliphatic imine (C=N–C) groups is 1. The van der Waals surface area contributed by atoms with Gasteiger partial charge in [-0.1, -0.05) is 18.5 Å². The van der Waals surface area contributed by atoms with Crippen LogP contribution in [-0.4, -0.2) is 47.7 Å². The second-order valence-corrected chi connectivity index (χ2v) is 7.37. The standard InChI is InChI=1S/C21H21ClF2N8O2/c1-4-14(25-5-2)11-32(34)21(33)27-10-18-16(23)6-12(9-26-18)15-7-13(22)8-17(24)19(15)20-28-30-31(3)29-20/h5-9,11,34H,4,10H2,1-3H3,(H,27,33)/b14-11+,25-5?. The molecule has 2 heterocycles. The van der Waals surface area contributed by atoms with Gasteiger partial charge in [0, 0.05) is 23.0 Å². The first-order valence-electron chi connectivity index (χ1n) is 10.1. The molecule has 2 N–H and O–H groups in total. The van der Waals surface area contributed by atoms with Gasteiger partial charge in [-0.15, -0.1) is 10.2 Å². The van der Waals surface area contributed by atoms with Crippen molar-refractivity contribution < 1.29 is 18.8 Å². The second kappa shape index (κ2) is 10.9. The van der Waals surface area contributed by atoms with E-state index in [9.17, 15) is 18.8 Å². The summed E-state index contributed by atoms with van der Waals surface area (Å²) in [6.45, 7) is 3.20. The molecule has 10 nitrogen and oxygen atoms in total. The van der Waals surface area contributed by atoms with E-state index < -0.39 is 17.7 Å². The molecule has 0 saturated carbocycles. The van der Waals surface area contributed by atoms with Gasteiger partial charge in [0.1, 0.15) is 11.6 Å². The van der Waals surface area contributed by atoms with Gasteiger partial charge in [-0.05, 0) is 42.3 Å². The highest BCUT2D eigenvalue weighted by molar-refractivity contribution is 6.31. The van der Waals surface area contributed by atoms with Gasteiger partial charge in [-0.2, -0.15) is 9.86 Å². The first-order valence-corrected chi connectivity index (χ1v) is 10.4. The van der Waals surface area contributed by atoms with E-state index in [4.69, 9.17) is 11.6 Å². The molecule has 1 aromatic carbocycles. The number of aryl methyl sites for hydroxylation is 1. The van der Waals surface area contributed by atoms with Gasteiger partial charge < -0.3 is 5.32 Å². The Morgan fingerprint density at radius 2 is 2.09 bits per heavy atom. The molecule has 13 heteroatoms. The molecule has 0 fully saturated rings. The summed E-state index contributed by atoms with van der Waals surface area (Å²) in [6.07, 6.45) is 4.47. The molecule has 0 saturated heterocycles. The lowest BCUT2D eigenvalue weighted by molar-refractivity contribution is 0.00205. The predicted molar refractivity (Wildman–Crippen MR) is 121 cm³/mol. The Bertz CT molecular complexity index is 1260. The molecule has 2 aromatic heterocycles. The average molecular weight is 491 g/mol. The van der Waals surface area contributed by atoms with E-state index in [2.05, 4.69) is 30.7 Å². The van der Waals surface area contributed by atoms with Crippen LogP contribution in [0.3, 0.4) is 0 Å². The monoisotopic (exact) mass is 490 g/mol. The molecule has 3 rings (SSSR count). The van der Waals surface area contributed by atoms with Crippen LogP contribution in [0.25, 0.3) is 22.5 Å². The van der Waals surface area contributed by atoms with Crippen LogP contribution in [0.1, 0.15) is 26.0 Å². The van der Waals surface area contributed by atoms with E-state index in [1.807, 2.05) is 6.92 Å². The number of hydroxylamine groups is 2. The molecule has 0 spiro atoms. The molecule has 0 bridgehead atoms. The van der Waals surface area contributed by atoms with Crippen molar-refractivity contribution in [2.24, 2.45) is 12.0 Å². The largest absolute Gasteiger partial charge is 0.345 e. The van der Waals surface area contributed by atoms with E-state index in [0.717, 1.165) is 23.1 Å². The third-order valence-corrected chi connectivity index (χ3v) is 4.78. The van der Waals surface area contributed by atoms with E-state index in [1.165, 1.54) is 25.5 Å². The van der Waals surface area contributed by atoms with Gasteiger partial charge >= 0.3 is 6.03 Å². The van der Waals surface area contributed by atoms with Crippen molar-refractivity contribution in [2.45, 2.75) is 26.8 Å². The number of nitrogens with one attached hydrogen (secondary N) is 1. The van der Waals surface area contributed by atoms with Gasteiger partial charge in [0.25, 0.3) is 0 Å². The first-order chi connectivity index (χ1) is 16.2. The summed E-state index contributed by atoms with van der Waals surface area (Å²) < 4.78 is 29.5. The number of hydrogen-bond donors (Lipinski definition) is 2. The fourth-order valence-electron chi connectivity index (χ4n) is 2.98. The number of urea groups is 1. The fourth-order valence-corrected chi connectivity index (χ4v) is 3.18. The van der Waals surface area contributed by atoms with Crippen LogP contribution >= 0.6 is 11.6 Å². The van der Waals surface area contributed by atoms with Gasteiger partial charge in [-0.25, -0.2) is 13.6 Å². The van der Waals surface area contributed by atoms with Gasteiger partial charge in [-0.3, -0.25) is 15.2 Å². The minimum absolute atomic E-state index is 0.00152. The number of carbonyl (C=O) groups excluding carboxylic acids is 1. The SMILES string of the molecule is CC=N/C(=C/N(O)C(=O)NCc1ncc(-c2cc(Cl)cc(F)c2-c2nnn(C)n2)cc1F)CC. The normalized spacial score (nSPS) is 11.8. The average Bonchev–Trinajstić information content (AvgIpc) is 3.22. The van der Waals surface area contributed by atoms with Crippen molar-refractivity contribution in [2.75, 3.05) is 0 Å². The van der Waals surface area contributed by atoms with E-state index >= 15 is 0 Å². The number of hydrogen-bond acceptors (Lipinski definition) is 7. The number of rotatable bonds is 7. The summed E-state index contributed by atoms with van der Waals surface area (Å²) in [5.74, 6) is -1.47. The summed E-state index contributed by atoms with van der Waals surface area (Å²) in [7, 11) is 1.53. The molecule has 0 aliphatic rings. The number of carbonyl (C=O) groups is 1. The molecule has 178 valence electrons. The summed E-state index contributed by atoms with van der Waals surface area (Å²) in [5, 5.41) is 24.2. The Morgan fingerprint density at radius 3 is 2.71 bits per heavy atom. The molecule has 0 atom stereocenters. The Hall–Kier alpha value is -3.77. The van der Waals surface area contributed by atoms with Crippen LogP contribution in [0.2, 0.25) is 5.02 Å². The van der Waals surface area contributed by atoms with Crippen molar-refractivity contribution in [3.63, 3.8) is 0 Å². The number of halogens is 3. The maximum absolute atomic E-state index is 14.8. The maximum atomic E-state index is 14.8. The van der Waals surface area contributed by atoms with Crippen LogP contribution in [0.4, 0.5) is 13.6 Å². The third-order valence-electron chi connectivity index (χ3n) is 4.56. The maximum Gasteiger partial charge on any atom is 0.345 e.